The number of aryl methyl sites for hydroxylation is 1. The summed E-state index contributed by atoms with van der Waals surface area (Å²) in [5, 5.41) is 19.7. The molecule has 150 valence electrons. The van der Waals surface area contributed by atoms with Crippen LogP contribution in [0.15, 0.2) is 18.3 Å². The number of aromatic nitrogens is 2. The summed E-state index contributed by atoms with van der Waals surface area (Å²) in [6.45, 7) is 2.46. The number of hydrogen-bond acceptors (Lipinski definition) is 4. The van der Waals surface area contributed by atoms with Crippen LogP contribution in [-0.2, 0) is 16.1 Å². The fourth-order valence-electron chi connectivity index (χ4n) is 4.90. The van der Waals surface area contributed by atoms with Crippen molar-refractivity contribution in [2.24, 2.45) is 23.7 Å². The summed E-state index contributed by atoms with van der Waals surface area (Å²) in [5.41, 5.74) is 0.533. The van der Waals surface area contributed by atoms with Crippen LogP contribution in [0.3, 0.4) is 0 Å². The van der Waals surface area contributed by atoms with Crippen LogP contribution in [0.2, 0.25) is 0 Å². The monoisotopic (exact) mass is 386 g/mol. The molecule has 28 heavy (non-hydrogen) atoms. The van der Waals surface area contributed by atoms with Gasteiger partial charge in [-0.25, -0.2) is 0 Å². The number of nitrogens with zero attached hydrogens (tertiary/aromatic N) is 2. The highest BCUT2D eigenvalue weighted by atomic mass is 16.4. The van der Waals surface area contributed by atoms with E-state index in [1.54, 1.807) is 10.9 Å². The molecular formula is C20H26N4O4. The van der Waals surface area contributed by atoms with Gasteiger partial charge >= 0.3 is 5.97 Å². The molecule has 2 fully saturated rings. The van der Waals surface area contributed by atoms with Gasteiger partial charge in [0.25, 0.3) is 5.91 Å². The molecule has 1 aromatic heterocycles. The topological polar surface area (TPSA) is 113 Å². The first kappa shape index (κ1) is 18.7. The van der Waals surface area contributed by atoms with Gasteiger partial charge in [0.15, 0.2) is 5.69 Å². The van der Waals surface area contributed by atoms with Crippen LogP contribution in [0.4, 0.5) is 5.69 Å². The van der Waals surface area contributed by atoms with E-state index < -0.39 is 17.8 Å². The minimum Gasteiger partial charge on any atom is -0.481 e. The zero-order valence-corrected chi connectivity index (χ0v) is 15.9. The number of fused-ring (bicyclic) bond motifs is 2. The molecule has 0 radical (unpaired) electrons. The summed E-state index contributed by atoms with van der Waals surface area (Å²) in [4.78, 5) is 37.4. The van der Waals surface area contributed by atoms with Crippen molar-refractivity contribution in [2.45, 2.75) is 51.6 Å². The number of anilines is 1. The van der Waals surface area contributed by atoms with E-state index in [4.69, 9.17) is 0 Å². The van der Waals surface area contributed by atoms with Crippen molar-refractivity contribution < 1.29 is 19.5 Å². The summed E-state index contributed by atoms with van der Waals surface area (Å²) in [6.07, 6.45) is 10.3. The van der Waals surface area contributed by atoms with Crippen LogP contribution >= 0.6 is 0 Å². The van der Waals surface area contributed by atoms with Crippen LogP contribution in [0.25, 0.3) is 0 Å². The summed E-state index contributed by atoms with van der Waals surface area (Å²) in [5.74, 6) is -3.09. The van der Waals surface area contributed by atoms with Crippen LogP contribution in [-0.4, -0.2) is 38.7 Å². The fraction of sp³-hybridized carbons (Fsp3) is 0.600. The Bertz CT molecular complexity index is 824. The smallest absolute Gasteiger partial charge is 0.307 e. The third-order valence-corrected chi connectivity index (χ3v) is 6.30. The molecule has 3 aliphatic rings. The first-order chi connectivity index (χ1) is 13.5. The maximum atomic E-state index is 13.0. The van der Waals surface area contributed by atoms with Crippen molar-refractivity contribution in [1.29, 1.82) is 0 Å². The van der Waals surface area contributed by atoms with Gasteiger partial charge in [-0.3, -0.25) is 19.1 Å². The van der Waals surface area contributed by atoms with Gasteiger partial charge in [0, 0.05) is 18.8 Å². The second-order valence-electron chi connectivity index (χ2n) is 8.03. The van der Waals surface area contributed by atoms with Crippen molar-refractivity contribution in [3.8, 4) is 0 Å². The molecule has 1 heterocycles. The molecule has 2 bridgehead atoms. The van der Waals surface area contributed by atoms with Gasteiger partial charge in [0.05, 0.1) is 17.5 Å². The number of hydrogen-bond donors (Lipinski definition) is 3. The minimum absolute atomic E-state index is 0.0666. The van der Waals surface area contributed by atoms with Gasteiger partial charge in [-0.2, -0.15) is 5.10 Å². The van der Waals surface area contributed by atoms with Gasteiger partial charge < -0.3 is 15.7 Å². The largest absolute Gasteiger partial charge is 0.481 e. The number of nitrogens with one attached hydrogen (secondary N) is 2. The minimum atomic E-state index is -0.944. The first-order valence-electron chi connectivity index (χ1n) is 10.1. The van der Waals surface area contributed by atoms with E-state index in [0.29, 0.717) is 18.7 Å². The first-order valence-corrected chi connectivity index (χ1v) is 10.1. The Morgan fingerprint density at radius 1 is 1.18 bits per heavy atom. The van der Waals surface area contributed by atoms with E-state index in [9.17, 15) is 19.5 Å². The van der Waals surface area contributed by atoms with Crippen molar-refractivity contribution in [2.75, 3.05) is 5.32 Å². The third kappa shape index (κ3) is 3.31. The van der Waals surface area contributed by atoms with E-state index >= 15 is 0 Å². The number of allylic oxidation sites excluding steroid dienone is 2. The van der Waals surface area contributed by atoms with Crippen molar-refractivity contribution in [1.82, 2.24) is 15.1 Å². The average molecular weight is 386 g/mol. The number of carboxylic acids is 1. The highest BCUT2D eigenvalue weighted by molar-refractivity contribution is 6.03. The normalized spacial score (nSPS) is 28.6. The lowest BCUT2D eigenvalue weighted by Gasteiger charge is -2.23. The van der Waals surface area contributed by atoms with E-state index in [0.717, 1.165) is 25.7 Å². The molecule has 0 spiro atoms. The Morgan fingerprint density at radius 3 is 2.50 bits per heavy atom. The van der Waals surface area contributed by atoms with Gasteiger partial charge in [-0.05, 0) is 38.0 Å². The molecule has 1 aromatic rings. The number of aliphatic carboxylic acids is 1. The molecule has 0 aliphatic heterocycles. The second kappa shape index (κ2) is 7.41. The van der Waals surface area contributed by atoms with Crippen LogP contribution in [0, 0.1) is 23.7 Å². The Balaban J connectivity index is 1.53. The molecular weight excluding hydrogens is 360 g/mol. The van der Waals surface area contributed by atoms with E-state index in [2.05, 4.69) is 15.7 Å². The highest BCUT2D eigenvalue weighted by Crippen LogP contribution is 2.48. The predicted molar refractivity (Wildman–Crippen MR) is 102 cm³/mol. The SMILES string of the molecule is CCn1cc(NC(=O)[C@@H]2[C@H](C(=O)O)[C@H]3C=C[C@H]2C3)c(C(=O)NC2CCCC2)n1. The molecule has 4 rings (SSSR count). The number of carbonyl (C=O) groups excluding carboxylic acids is 2. The number of amides is 2. The zero-order valence-electron chi connectivity index (χ0n) is 15.9. The predicted octanol–water partition coefficient (Wildman–Crippen LogP) is 2.04. The molecule has 0 aromatic carbocycles. The van der Waals surface area contributed by atoms with Crippen LogP contribution in [0.5, 0.6) is 0 Å². The number of rotatable bonds is 6. The Labute approximate surface area is 163 Å². The lowest BCUT2D eigenvalue weighted by atomic mass is 9.82. The van der Waals surface area contributed by atoms with Gasteiger partial charge in [0.1, 0.15) is 0 Å². The molecule has 3 N–H and O–H groups in total. The zero-order chi connectivity index (χ0) is 19.8. The molecule has 8 heteroatoms. The standard InChI is InChI=1S/C20H26N4O4/c1-2-24-10-14(17(23-24)19(26)21-13-5-3-4-6-13)22-18(25)15-11-7-8-12(9-11)16(15)20(27)28/h7-8,10-13,15-16H,2-6,9H2,1H3,(H,21,26)(H,22,25)(H,27,28)/t11-,12-,15-,16+/m0/s1. The molecule has 0 unspecified atom stereocenters. The number of carbonyl (C=O) groups is 3. The second-order valence-corrected chi connectivity index (χ2v) is 8.03. The fourth-order valence-corrected chi connectivity index (χ4v) is 4.90. The summed E-state index contributed by atoms with van der Waals surface area (Å²) in [6, 6.07) is 0.148. The van der Waals surface area contributed by atoms with E-state index in [1.807, 2.05) is 19.1 Å². The lowest BCUT2D eigenvalue weighted by Crippen LogP contribution is -2.37. The maximum Gasteiger partial charge on any atom is 0.307 e. The van der Waals surface area contributed by atoms with Crippen molar-refractivity contribution in [3.05, 3.63) is 24.0 Å². The Hall–Kier alpha value is -2.64. The lowest BCUT2D eigenvalue weighted by molar-refractivity contribution is -0.146. The van der Waals surface area contributed by atoms with Gasteiger partial charge in [0.2, 0.25) is 5.91 Å². The van der Waals surface area contributed by atoms with Crippen molar-refractivity contribution >= 4 is 23.5 Å². The maximum absolute atomic E-state index is 13.0. The van der Waals surface area contributed by atoms with Gasteiger partial charge in [-0.15, -0.1) is 0 Å². The number of carboxylic acid groups (broad SMARTS) is 1. The average Bonchev–Trinajstić information content (AvgIpc) is 3.44. The van der Waals surface area contributed by atoms with Gasteiger partial charge in [-0.1, -0.05) is 25.0 Å². The molecule has 0 saturated heterocycles. The summed E-state index contributed by atoms with van der Waals surface area (Å²) in [7, 11) is 0. The quantitative estimate of drug-likeness (QED) is 0.648. The molecule has 2 amide bonds. The van der Waals surface area contributed by atoms with Crippen LogP contribution in [0.1, 0.15) is 49.5 Å². The third-order valence-electron chi connectivity index (χ3n) is 6.30. The summed E-state index contributed by atoms with van der Waals surface area (Å²) < 4.78 is 1.61. The highest BCUT2D eigenvalue weighted by Gasteiger charge is 2.51. The molecule has 8 nitrogen and oxygen atoms in total. The Morgan fingerprint density at radius 2 is 1.86 bits per heavy atom. The molecule has 2 saturated carbocycles. The Kier molecular flexibility index (Phi) is 4.95. The van der Waals surface area contributed by atoms with Crippen LogP contribution < -0.4 is 10.6 Å². The van der Waals surface area contributed by atoms with Crippen molar-refractivity contribution in [3.63, 3.8) is 0 Å². The summed E-state index contributed by atoms with van der Waals surface area (Å²) >= 11 is 0. The van der Waals surface area contributed by atoms with E-state index in [1.165, 1.54) is 0 Å². The molecule has 4 atom stereocenters. The molecule has 3 aliphatic carbocycles. The van der Waals surface area contributed by atoms with E-state index in [-0.39, 0.29) is 35.4 Å².